The van der Waals surface area contributed by atoms with E-state index < -0.39 is 0 Å². The number of rotatable bonds is 6. The molecule has 0 bridgehead atoms. The number of aromatic nitrogens is 4. The predicted molar refractivity (Wildman–Crippen MR) is 112 cm³/mol. The van der Waals surface area contributed by atoms with Gasteiger partial charge in [0.05, 0.1) is 6.20 Å². The van der Waals surface area contributed by atoms with Gasteiger partial charge in [-0.25, -0.2) is 9.37 Å². The van der Waals surface area contributed by atoms with Gasteiger partial charge in [-0.05, 0) is 54.4 Å². The molecule has 0 saturated carbocycles. The van der Waals surface area contributed by atoms with Crippen molar-refractivity contribution in [2.45, 2.75) is 19.4 Å². The Bertz CT molecular complexity index is 1090. The summed E-state index contributed by atoms with van der Waals surface area (Å²) in [5.41, 5.74) is 4.92. The summed E-state index contributed by atoms with van der Waals surface area (Å²) in [4.78, 5) is 9.21. The summed E-state index contributed by atoms with van der Waals surface area (Å²) in [5, 5.41) is 7.72. The van der Waals surface area contributed by atoms with Crippen molar-refractivity contribution >= 4 is 5.82 Å². The van der Waals surface area contributed by atoms with Crippen LogP contribution in [0.4, 0.5) is 10.2 Å². The minimum atomic E-state index is -0.240. The molecule has 3 aromatic heterocycles. The molecule has 0 aliphatic heterocycles. The van der Waals surface area contributed by atoms with Crippen LogP contribution < -0.4 is 5.32 Å². The quantitative estimate of drug-likeness (QED) is 0.517. The summed E-state index contributed by atoms with van der Waals surface area (Å²) < 4.78 is 15.0. The molecule has 4 aromatic rings. The minimum Gasteiger partial charge on any atom is -0.364 e. The highest BCUT2D eigenvalue weighted by atomic mass is 19.1. The minimum absolute atomic E-state index is 0.0186. The Balaban J connectivity index is 1.66. The number of aryl methyl sites for hydroxylation is 1. The summed E-state index contributed by atoms with van der Waals surface area (Å²) in [7, 11) is 1.90. The van der Waals surface area contributed by atoms with Gasteiger partial charge in [-0.15, -0.1) is 0 Å². The fourth-order valence-electron chi connectivity index (χ4n) is 3.23. The number of nitrogens with one attached hydrogen (secondary N) is 1. The number of nitrogens with zero attached hydrogens (tertiary/aromatic N) is 4. The average molecular weight is 387 g/mol. The van der Waals surface area contributed by atoms with Gasteiger partial charge in [0.25, 0.3) is 0 Å². The summed E-state index contributed by atoms with van der Waals surface area (Å²) in [6, 6.07) is 16.4. The molecule has 5 nitrogen and oxygen atoms in total. The fraction of sp³-hybridized carbons (Fsp3) is 0.174. The maximum absolute atomic E-state index is 13.2. The number of halogens is 1. The third-order valence-corrected chi connectivity index (χ3v) is 4.74. The molecule has 0 unspecified atom stereocenters. The largest absolute Gasteiger partial charge is 0.364 e. The smallest absolute Gasteiger partial charge is 0.127 e. The first-order valence-electron chi connectivity index (χ1n) is 9.49. The zero-order valence-corrected chi connectivity index (χ0v) is 16.4. The number of anilines is 1. The van der Waals surface area contributed by atoms with Crippen molar-refractivity contribution in [3.05, 3.63) is 96.0 Å². The van der Waals surface area contributed by atoms with Crippen molar-refractivity contribution in [1.82, 2.24) is 19.7 Å². The van der Waals surface area contributed by atoms with E-state index >= 15 is 0 Å². The lowest BCUT2D eigenvalue weighted by atomic mass is 10.1. The van der Waals surface area contributed by atoms with Crippen molar-refractivity contribution in [3.8, 4) is 11.1 Å². The highest BCUT2D eigenvalue weighted by Crippen LogP contribution is 2.26. The Kier molecular flexibility index (Phi) is 5.33. The highest BCUT2D eigenvalue weighted by molar-refractivity contribution is 5.66. The third kappa shape index (κ3) is 4.66. The molecule has 0 fully saturated rings. The number of hydrogen-bond donors (Lipinski definition) is 1. The average Bonchev–Trinajstić information content (AvgIpc) is 3.15. The third-order valence-electron chi connectivity index (χ3n) is 4.74. The molecule has 1 atom stereocenters. The maximum atomic E-state index is 13.2. The Morgan fingerprint density at radius 2 is 1.86 bits per heavy atom. The van der Waals surface area contributed by atoms with Crippen LogP contribution in [0.3, 0.4) is 0 Å². The van der Waals surface area contributed by atoms with E-state index in [1.807, 2.05) is 50.6 Å². The molecule has 0 aliphatic carbocycles. The van der Waals surface area contributed by atoms with E-state index in [9.17, 15) is 4.39 Å². The second-order valence-electron chi connectivity index (χ2n) is 7.05. The first-order chi connectivity index (χ1) is 14.1. The van der Waals surface area contributed by atoms with Gasteiger partial charge in [0.15, 0.2) is 0 Å². The van der Waals surface area contributed by atoms with Crippen LogP contribution in [-0.2, 0) is 13.5 Å². The molecule has 0 radical (unpaired) electrons. The lowest BCUT2D eigenvalue weighted by Gasteiger charge is -2.17. The van der Waals surface area contributed by atoms with Crippen molar-refractivity contribution in [2.75, 3.05) is 5.32 Å². The maximum Gasteiger partial charge on any atom is 0.127 e. The lowest BCUT2D eigenvalue weighted by Crippen LogP contribution is -2.09. The molecule has 0 saturated heterocycles. The van der Waals surface area contributed by atoms with Gasteiger partial charge < -0.3 is 5.32 Å². The number of benzene rings is 1. The fourth-order valence-corrected chi connectivity index (χ4v) is 3.23. The van der Waals surface area contributed by atoms with Crippen molar-refractivity contribution < 1.29 is 4.39 Å². The molecule has 0 spiro atoms. The molecular weight excluding hydrogens is 365 g/mol. The van der Waals surface area contributed by atoms with Crippen LogP contribution in [0.5, 0.6) is 0 Å². The molecule has 29 heavy (non-hydrogen) atoms. The highest BCUT2D eigenvalue weighted by Gasteiger charge is 2.11. The summed E-state index contributed by atoms with van der Waals surface area (Å²) in [6.07, 6.45) is 6.24. The molecule has 1 aromatic carbocycles. The van der Waals surface area contributed by atoms with Gasteiger partial charge in [0.2, 0.25) is 0 Å². The van der Waals surface area contributed by atoms with E-state index in [4.69, 9.17) is 4.98 Å². The van der Waals surface area contributed by atoms with Crippen LogP contribution in [0.2, 0.25) is 0 Å². The zero-order chi connectivity index (χ0) is 20.2. The molecule has 3 heterocycles. The SMILES string of the molecule is C[C@H](Nc1cc(-c2cnn(C)c2)cc(Cc2ccccn2)n1)c1ccc(F)cc1. The van der Waals surface area contributed by atoms with Gasteiger partial charge in [0, 0.05) is 48.9 Å². The van der Waals surface area contributed by atoms with Crippen LogP contribution in [-0.4, -0.2) is 19.7 Å². The first kappa shape index (κ1) is 18.8. The van der Waals surface area contributed by atoms with Gasteiger partial charge in [0.1, 0.15) is 11.6 Å². The summed E-state index contributed by atoms with van der Waals surface area (Å²) >= 11 is 0. The van der Waals surface area contributed by atoms with E-state index in [1.165, 1.54) is 12.1 Å². The lowest BCUT2D eigenvalue weighted by molar-refractivity contribution is 0.626. The molecule has 0 amide bonds. The monoisotopic (exact) mass is 387 g/mol. The Hall–Kier alpha value is -3.54. The van der Waals surface area contributed by atoms with Crippen molar-refractivity contribution in [1.29, 1.82) is 0 Å². The second kappa shape index (κ2) is 8.22. The molecular formula is C23H22FN5. The van der Waals surface area contributed by atoms with Gasteiger partial charge >= 0.3 is 0 Å². The van der Waals surface area contributed by atoms with Crippen LogP contribution in [0, 0.1) is 5.82 Å². The normalized spacial score (nSPS) is 12.0. The summed E-state index contributed by atoms with van der Waals surface area (Å²) in [6.45, 7) is 2.03. The summed E-state index contributed by atoms with van der Waals surface area (Å²) in [5.74, 6) is 0.518. The van der Waals surface area contributed by atoms with E-state index in [0.717, 1.165) is 33.9 Å². The van der Waals surface area contributed by atoms with Crippen LogP contribution in [0.1, 0.15) is 29.9 Å². The number of hydrogen-bond acceptors (Lipinski definition) is 4. The molecule has 146 valence electrons. The topological polar surface area (TPSA) is 55.6 Å². The number of pyridine rings is 2. The molecule has 1 N–H and O–H groups in total. The van der Waals surface area contributed by atoms with Crippen LogP contribution >= 0.6 is 0 Å². The Morgan fingerprint density at radius 3 is 2.55 bits per heavy atom. The zero-order valence-electron chi connectivity index (χ0n) is 16.4. The van der Waals surface area contributed by atoms with Crippen LogP contribution in [0.15, 0.2) is 73.2 Å². The Labute approximate surface area is 169 Å². The standard InChI is InChI=1S/C23H22FN5/c1-16(17-6-8-20(24)9-7-17)27-23-12-18(19-14-26-29(2)15-19)11-22(28-23)13-21-5-3-4-10-25-21/h3-12,14-16H,13H2,1-2H3,(H,27,28)/t16-/m0/s1. The van der Waals surface area contributed by atoms with Crippen molar-refractivity contribution in [3.63, 3.8) is 0 Å². The van der Waals surface area contributed by atoms with E-state index in [-0.39, 0.29) is 11.9 Å². The first-order valence-corrected chi connectivity index (χ1v) is 9.49. The van der Waals surface area contributed by atoms with Gasteiger partial charge in [-0.1, -0.05) is 18.2 Å². The second-order valence-corrected chi connectivity index (χ2v) is 7.05. The van der Waals surface area contributed by atoms with Gasteiger partial charge in [-0.2, -0.15) is 5.10 Å². The molecule has 6 heteroatoms. The predicted octanol–water partition coefficient (Wildman–Crippen LogP) is 4.78. The molecule has 0 aliphatic rings. The van der Waals surface area contributed by atoms with E-state index in [1.54, 1.807) is 23.0 Å². The molecule has 4 rings (SSSR count). The Morgan fingerprint density at radius 1 is 1.03 bits per heavy atom. The van der Waals surface area contributed by atoms with E-state index in [2.05, 4.69) is 21.5 Å². The van der Waals surface area contributed by atoms with Crippen molar-refractivity contribution in [2.24, 2.45) is 7.05 Å². The van der Waals surface area contributed by atoms with E-state index in [0.29, 0.717) is 6.42 Å². The van der Waals surface area contributed by atoms with Gasteiger partial charge in [-0.3, -0.25) is 9.67 Å². The van der Waals surface area contributed by atoms with Crippen LogP contribution in [0.25, 0.3) is 11.1 Å².